The third kappa shape index (κ3) is 4.64. The molecule has 0 heterocycles. The van der Waals surface area contributed by atoms with Gasteiger partial charge in [0.2, 0.25) is 0 Å². The molecule has 1 fully saturated rings. The fourth-order valence-corrected chi connectivity index (χ4v) is 2.20. The summed E-state index contributed by atoms with van der Waals surface area (Å²) in [7, 11) is 0. The number of carbonyl (C=O) groups excluding carboxylic acids is 1. The van der Waals surface area contributed by atoms with Crippen LogP contribution >= 0.6 is 0 Å². The van der Waals surface area contributed by atoms with E-state index >= 15 is 0 Å². The Morgan fingerprint density at radius 3 is 2.56 bits per heavy atom. The van der Waals surface area contributed by atoms with E-state index in [1.807, 2.05) is 6.92 Å². The number of carbonyl (C=O) groups is 2. The van der Waals surface area contributed by atoms with Crippen molar-refractivity contribution in [2.24, 2.45) is 11.8 Å². The van der Waals surface area contributed by atoms with Crippen molar-refractivity contribution in [3.8, 4) is 0 Å². The van der Waals surface area contributed by atoms with Crippen molar-refractivity contribution in [3.05, 3.63) is 0 Å². The van der Waals surface area contributed by atoms with Crippen LogP contribution in [0.15, 0.2) is 0 Å². The first-order chi connectivity index (χ1) is 7.59. The van der Waals surface area contributed by atoms with Crippen LogP contribution < -0.4 is 5.32 Å². The minimum absolute atomic E-state index is 0.237. The van der Waals surface area contributed by atoms with Crippen molar-refractivity contribution < 1.29 is 14.7 Å². The maximum Gasteiger partial charge on any atom is 0.404 e. The second kappa shape index (κ2) is 6.51. The Morgan fingerprint density at radius 2 is 2.00 bits per heavy atom. The summed E-state index contributed by atoms with van der Waals surface area (Å²) in [4.78, 5) is 22.0. The quantitative estimate of drug-likeness (QED) is 0.732. The van der Waals surface area contributed by atoms with Gasteiger partial charge in [-0.25, -0.2) is 4.79 Å². The molecule has 0 saturated heterocycles. The van der Waals surface area contributed by atoms with E-state index in [4.69, 9.17) is 5.11 Å². The number of hydrogen-bond donors (Lipinski definition) is 2. The molecule has 0 bridgehead atoms. The van der Waals surface area contributed by atoms with Crippen molar-refractivity contribution in [1.29, 1.82) is 0 Å². The number of carboxylic acid groups (broad SMARTS) is 1. The summed E-state index contributed by atoms with van der Waals surface area (Å²) in [6, 6.07) is 0. The maximum atomic E-state index is 11.8. The summed E-state index contributed by atoms with van der Waals surface area (Å²) < 4.78 is 0. The van der Waals surface area contributed by atoms with E-state index in [-0.39, 0.29) is 5.92 Å². The van der Waals surface area contributed by atoms with Crippen LogP contribution in [0.1, 0.15) is 45.4 Å². The zero-order chi connectivity index (χ0) is 12.0. The van der Waals surface area contributed by atoms with Crippen molar-refractivity contribution >= 4 is 11.9 Å². The fourth-order valence-electron chi connectivity index (χ4n) is 2.20. The fraction of sp³-hybridized carbons (Fsp3) is 0.833. The van der Waals surface area contributed by atoms with Crippen LogP contribution in [0.4, 0.5) is 4.79 Å². The molecule has 16 heavy (non-hydrogen) atoms. The lowest BCUT2D eigenvalue weighted by atomic mass is 9.95. The van der Waals surface area contributed by atoms with Crippen LogP contribution in [0, 0.1) is 11.8 Å². The monoisotopic (exact) mass is 227 g/mol. The number of Topliss-reactive ketones (excluding diaryl/α,β-unsaturated/α-hetero) is 1. The summed E-state index contributed by atoms with van der Waals surface area (Å²) in [6.07, 6.45) is 4.89. The van der Waals surface area contributed by atoms with Crippen LogP contribution in [0.25, 0.3) is 0 Å². The van der Waals surface area contributed by atoms with Crippen LogP contribution in [0.3, 0.4) is 0 Å². The van der Waals surface area contributed by atoms with E-state index in [0.29, 0.717) is 24.7 Å². The van der Waals surface area contributed by atoms with Crippen molar-refractivity contribution in [3.63, 3.8) is 0 Å². The Bertz CT molecular complexity index is 247. The SMILES string of the molecule is CC(CCC(=O)C1CCCC1)CNC(=O)O. The summed E-state index contributed by atoms with van der Waals surface area (Å²) in [6.45, 7) is 2.41. The third-order valence-corrected chi connectivity index (χ3v) is 3.30. The van der Waals surface area contributed by atoms with Gasteiger partial charge in [0.15, 0.2) is 0 Å². The minimum atomic E-state index is -0.992. The molecule has 2 N–H and O–H groups in total. The highest BCUT2D eigenvalue weighted by atomic mass is 16.4. The molecule has 1 rings (SSSR count). The molecule has 4 nitrogen and oxygen atoms in total. The molecule has 0 spiro atoms. The Morgan fingerprint density at radius 1 is 1.38 bits per heavy atom. The molecule has 1 saturated carbocycles. The van der Waals surface area contributed by atoms with E-state index in [1.54, 1.807) is 0 Å². The molecule has 1 amide bonds. The highest BCUT2D eigenvalue weighted by molar-refractivity contribution is 5.81. The number of rotatable bonds is 6. The van der Waals surface area contributed by atoms with Crippen molar-refractivity contribution in [1.82, 2.24) is 5.32 Å². The molecule has 0 aliphatic heterocycles. The van der Waals surface area contributed by atoms with E-state index in [9.17, 15) is 9.59 Å². The minimum Gasteiger partial charge on any atom is -0.465 e. The molecule has 1 atom stereocenters. The Hall–Kier alpha value is -1.06. The topological polar surface area (TPSA) is 66.4 Å². The average Bonchev–Trinajstić information content (AvgIpc) is 2.76. The second-order valence-electron chi connectivity index (χ2n) is 4.78. The van der Waals surface area contributed by atoms with Gasteiger partial charge in [-0.3, -0.25) is 4.79 Å². The standard InChI is InChI=1S/C12H21NO3/c1-9(8-13-12(15)16)6-7-11(14)10-4-2-3-5-10/h9-10,13H,2-8H2,1H3,(H,15,16). The zero-order valence-corrected chi connectivity index (χ0v) is 9.87. The lowest BCUT2D eigenvalue weighted by Crippen LogP contribution is -2.27. The normalized spacial score (nSPS) is 18.3. The molecule has 0 radical (unpaired) electrons. The van der Waals surface area contributed by atoms with Gasteiger partial charge in [-0.15, -0.1) is 0 Å². The summed E-state index contributed by atoms with van der Waals surface area (Å²) in [5.41, 5.74) is 0. The molecule has 0 aromatic heterocycles. The highest BCUT2D eigenvalue weighted by Gasteiger charge is 2.22. The molecule has 0 aromatic carbocycles. The van der Waals surface area contributed by atoms with Crippen LogP contribution in [0.2, 0.25) is 0 Å². The Kier molecular flexibility index (Phi) is 5.29. The van der Waals surface area contributed by atoms with Crippen molar-refractivity contribution in [2.45, 2.75) is 45.4 Å². The molecule has 1 aliphatic rings. The van der Waals surface area contributed by atoms with Gasteiger partial charge in [0, 0.05) is 18.9 Å². The number of nitrogens with one attached hydrogen (secondary N) is 1. The molecule has 1 unspecified atom stereocenters. The van der Waals surface area contributed by atoms with Crippen LogP contribution in [0.5, 0.6) is 0 Å². The molecular formula is C12H21NO3. The van der Waals surface area contributed by atoms with Crippen molar-refractivity contribution in [2.75, 3.05) is 6.54 Å². The zero-order valence-electron chi connectivity index (χ0n) is 9.87. The smallest absolute Gasteiger partial charge is 0.404 e. The third-order valence-electron chi connectivity index (χ3n) is 3.30. The van der Waals surface area contributed by atoms with Gasteiger partial charge in [-0.2, -0.15) is 0 Å². The number of ketones is 1. The summed E-state index contributed by atoms with van der Waals surface area (Å²) >= 11 is 0. The van der Waals surface area contributed by atoms with Gasteiger partial charge < -0.3 is 10.4 Å². The average molecular weight is 227 g/mol. The largest absolute Gasteiger partial charge is 0.465 e. The predicted molar refractivity (Wildman–Crippen MR) is 61.4 cm³/mol. The molecule has 1 aliphatic carbocycles. The van der Waals surface area contributed by atoms with Crippen LogP contribution in [-0.4, -0.2) is 23.5 Å². The van der Waals surface area contributed by atoms with E-state index in [1.165, 1.54) is 12.8 Å². The van der Waals surface area contributed by atoms with Gasteiger partial charge in [-0.05, 0) is 25.2 Å². The second-order valence-corrected chi connectivity index (χ2v) is 4.78. The lowest BCUT2D eigenvalue weighted by molar-refractivity contribution is -0.122. The first kappa shape index (κ1) is 13.0. The Balaban J connectivity index is 2.12. The van der Waals surface area contributed by atoms with Gasteiger partial charge in [0.05, 0.1) is 0 Å². The molecule has 4 heteroatoms. The van der Waals surface area contributed by atoms with Crippen LogP contribution in [-0.2, 0) is 4.79 Å². The first-order valence-corrected chi connectivity index (χ1v) is 6.09. The molecular weight excluding hydrogens is 206 g/mol. The Labute approximate surface area is 96.4 Å². The summed E-state index contributed by atoms with van der Waals surface area (Å²) in [5, 5.41) is 10.8. The molecule has 0 aromatic rings. The lowest BCUT2D eigenvalue weighted by Gasteiger charge is -2.12. The maximum absolute atomic E-state index is 11.8. The number of amides is 1. The summed E-state index contributed by atoms with van der Waals surface area (Å²) in [5.74, 6) is 0.903. The van der Waals surface area contributed by atoms with Gasteiger partial charge in [0.1, 0.15) is 5.78 Å². The van der Waals surface area contributed by atoms with Gasteiger partial charge in [-0.1, -0.05) is 19.8 Å². The van der Waals surface area contributed by atoms with Gasteiger partial charge >= 0.3 is 6.09 Å². The highest BCUT2D eigenvalue weighted by Crippen LogP contribution is 2.27. The molecule has 92 valence electrons. The van der Waals surface area contributed by atoms with Gasteiger partial charge in [0.25, 0.3) is 0 Å². The first-order valence-electron chi connectivity index (χ1n) is 6.09. The van der Waals surface area contributed by atoms with E-state index in [2.05, 4.69) is 5.32 Å². The number of hydrogen-bond acceptors (Lipinski definition) is 2. The predicted octanol–water partition coefficient (Wildman–Crippen LogP) is 2.43. The van der Waals surface area contributed by atoms with E-state index < -0.39 is 6.09 Å². The van der Waals surface area contributed by atoms with E-state index in [0.717, 1.165) is 19.3 Å².